The van der Waals surface area contributed by atoms with Crippen LogP contribution in [0.4, 0.5) is 15.9 Å². The van der Waals surface area contributed by atoms with Gasteiger partial charge in [0.25, 0.3) is 0 Å². The molecule has 1 aromatic heterocycles. The van der Waals surface area contributed by atoms with Crippen molar-refractivity contribution in [3.63, 3.8) is 0 Å². The molecule has 2 N–H and O–H groups in total. The number of alkyl halides is 1. The number of carbonyl (C=O) groups excluding carboxylic acids is 1. The third-order valence-electron chi connectivity index (χ3n) is 10.9. The van der Waals surface area contributed by atoms with Crippen LogP contribution in [0.1, 0.15) is 71.2 Å². The molecular weight excluding hydrogens is 609 g/mol. The van der Waals surface area contributed by atoms with E-state index in [1.165, 1.54) is 6.08 Å². The van der Waals surface area contributed by atoms with E-state index in [4.69, 9.17) is 20.5 Å². The number of carbonyl (C=O) groups is 1. The number of anilines is 2. The molecule has 3 saturated heterocycles. The van der Waals surface area contributed by atoms with Crippen molar-refractivity contribution in [1.29, 1.82) is 5.26 Å². The van der Waals surface area contributed by atoms with Crippen LogP contribution >= 0.6 is 0 Å². The maximum Gasteiger partial charge on any atom is 0.246 e. The van der Waals surface area contributed by atoms with Crippen LogP contribution in [-0.4, -0.2) is 103 Å². The number of aliphatic imine (C=N–C) groups is 1. The Morgan fingerprint density at radius 3 is 2.50 bits per heavy atom. The number of nitriles is 1. The Morgan fingerprint density at radius 1 is 1.15 bits per heavy atom. The molecule has 0 saturated carbocycles. The SMILES string of the molecule is C=CC(=O)N1CCN(c2cc(C3N=C(C4(C)CCCC(C)=C4/C(C#N)=C(\C)N)ON3C)nc(N3CCC(N4CC[C@H](F)C4)CC3)c2)CC1. The summed E-state index contributed by atoms with van der Waals surface area (Å²) >= 11 is 0. The molecule has 1 aromatic rings. The van der Waals surface area contributed by atoms with E-state index in [0.717, 1.165) is 80.1 Å². The highest BCUT2D eigenvalue weighted by Crippen LogP contribution is 2.48. The number of rotatable bonds is 7. The number of piperazine rings is 1. The minimum absolute atomic E-state index is 0.0450. The quantitative estimate of drug-likeness (QED) is 0.334. The Bertz CT molecular complexity index is 1550. The summed E-state index contributed by atoms with van der Waals surface area (Å²) in [5.41, 5.74) is 10.5. The summed E-state index contributed by atoms with van der Waals surface area (Å²) in [5.74, 6) is 1.42. The minimum Gasteiger partial charge on any atom is -0.401 e. The number of nitrogens with zero attached hydrogens (tertiary/aromatic N) is 8. The van der Waals surface area contributed by atoms with E-state index in [0.29, 0.717) is 62.4 Å². The maximum atomic E-state index is 14.0. The number of hydrogen-bond acceptors (Lipinski definition) is 10. The molecule has 0 bridgehead atoms. The van der Waals surface area contributed by atoms with Crippen LogP contribution in [0.2, 0.25) is 0 Å². The normalized spacial score (nSPS) is 28.2. The van der Waals surface area contributed by atoms with Gasteiger partial charge in [-0.25, -0.2) is 14.4 Å². The molecule has 258 valence electrons. The molecule has 6 rings (SSSR count). The van der Waals surface area contributed by atoms with Gasteiger partial charge in [0, 0.05) is 82.9 Å². The van der Waals surface area contributed by atoms with Gasteiger partial charge in [-0.3, -0.25) is 9.69 Å². The number of piperidine rings is 1. The molecule has 11 nitrogen and oxygen atoms in total. The zero-order valence-electron chi connectivity index (χ0n) is 28.9. The largest absolute Gasteiger partial charge is 0.401 e. The molecule has 4 aliphatic heterocycles. The number of hydrogen-bond donors (Lipinski definition) is 1. The van der Waals surface area contributed by atoms with Crippen LogP contribution in [0.25, 0.3) is 0 Å². The second-order valence-electron chi connectivity index (χ2n) is 14.2. The Kier molecular flexibility index (Phi) is 9.81. The fourth-order valence-electron chi connectivity index (χ4n) is 8.22. The van der Waals surface area contributed by atoms with Crippen LogP contribution < -0.4 is 15.5 Å². The predicted molar refractivity (Wildman–Crippen MR) is 186 cm³/mol. The Labute approximate surface area is 284 Å². The van der Waals surface area contributed by atoms with E-state index in [1.54, 1.807) is 12.0 Å². The molecule has 0 spiro atoms. The van der Waals surface area contributed by atoms with Gasteiger partial charge in [0.2, 0.25) is 11.8 Å². The number of halogens is 1. The van der Waals surface area contributed by atoms with E-state index in [-0.39, 0.29) is 5.91 Å². The van der Waals surface area contributed by atoms with Gasteiger partial charge in [-0.15, -0.1) is 5.06 Å². The number of hydroxylamine groups is 2. The summed E-state index contributed by atoms with van der Waals surface area (Å²) in [6.07, 6.45) is 5.39. The van der Waals surface area contributed by atoms with Crippen molar-refractivity contribution < 1.29 is 14.0 Å². The van der Waals surface area contributed by atoms with Crippen molar-refractivity contribution in [3.05, 3.63) is 52.9 Å². The monoisotopic (exact) mass is 659 g/mol. The van der Waals surface area contributed by atoms with Gasteiger partial charge in [-0.2, -0.15) is 5.26 Å². The lowest BCUT2D eigenvalue weighted by molar-refractivity contribution is -0.126. The average Bonchev–Trinajstić information content (AvgIpc) is 3.71. The number of nitrogens with two attached hydrogens (primary N) is 1. The second kappa shape index (κ2) is 13.9. The Hall–Kier alpha value is -3.95. The van der Waals surface area contributed by atoms with E-state index in [9.17, 15) is 14.4 Å². The van der Waals surface area contributed by atoms with Crippen molar-refractivity contribution in [2.45, 2.75) is 77.7 Å². The molecule has 48 heavy (non-hydrogen) atoms. The summed E-state index contributed by atoms with van der Waals surface area (Å²) < 4.78 is 14.0. The topological polar surface area (TPSA) is 118 Å². The fraction of sp³-hybridized carbons (Fsp3) is 0.611. The van der Waals surface area contributed by atoms with Crippen LogP contribution in [0, 0.1) is 16.7 Å². The highest BCUT2D eigenvalue weighted by molar-refractivity contribution is 5.89. The van der Waals surface area contributed by atoms with E-state index < -0.39 is 17.8 Å². The third kappa shape index (κ3) is 6.54. The molecule has 5 aliphatic rings. The zero-order valence-corrected chi connectivity index (χ0v) is 28.9. The number of aromatic nitrogens is 1. The van der Waals surface area contributed by atoms with Crippen LogP contribution in [0.3, 0.4) is 0 Å². The summed E-state index contributed by atoms with van der Waals surface area (Å²) in [7, 11) is 1.88. The van der Waals surface area contributed by atoms with Crippen LogP contribution in [0.15, 0.2) is 52.2 Å². The molecule has 3 fully saturated rings. The lowest BCUT2D eigenvalue weighted by atomic mass is 9.68. The number of amides is 1. The first-order chi connectivity index (χ1) is 23.0. The lowest BCUT2D eigenvalue weighted by Crippen LogP contribution is -2.48. The van der Waals surface area contributed by atoms with Crippen molar-refractivity contribution in [2.75, 3.05) is 69.2 Å². The smallest absolute Gasteiger partial charge is 0.246 e. The molecule has 5 heterocycles. The first-order valence-corrected chi connectivity index (χ1v) is 17.4. The highest BCUT2D eigenvalue weighted by atomic mass is 19.1. The van der Waals surface area contributed by atoms with Crippen molar-refractivity contribution in [3.8, 4) is 6.07 Å². The van der Waals surface area contributed by atoms with Crippen molar-refractivity contribution in [2.24, 2.45) is 16.1 Å². The second-order valence-corrected chi connectivity index (χ2v) is 14.2. The molecule has 1 aliphatic carbocycles. The number of allylic oxidation sites excluding steroid dienone is 3. The van der Waals surface area contributed by atoms with Crippen LogP contribution in [0.5, 0.6) is 0 Å². The average molecular weight is 660 g/mol. The van der Waals surface area contributed by atoms with Gasteiger partial charge < -0.3 is 25.3 Å². The predicted octanol–water partition coefficient (Wildman–Crippen LogP) is 4.47. The number of pyridine rings is 1. The van der Waals surface area contributed by atoms with E-state index in [1.807, 2.05) is 11.9 Å². The molecule has 0 radical (unpaired) electrons. The summed E-state index contributed by atoms with van der Waals surface area (Å²) in [6.45, 7) is 15.3. The molecule has 0 aromatic carbocycles. The number of likely N-dealkylation sites (tertiary alicyclic amines) is 1. The fourth-order valence-corrected chi connectivity index (χ4v) is 8.22. The van der Waals surface area contributed by atoms with Crippen LogP contribution in [-0.2, 0) is 9.63 Å². The molecule has 12 heteroatoms. The standard InChI is InChI=1S/C36H50FN9O2/c1-6-32(47)45-18-16-43(17-19-45)28-20-30(40-31(21-28)44-14-10-27(11-15-44)46-13-9-26(37)23-46)34-41-35(48-42(34)5)36(4)12-7-8-24(2)33(36)29(22-38)25(3)39/h6,20-21,26-27,34H,1,7-19,23,39H2,2-5H3/b29-25+/t26-,34?,36?/m0/s1. The minimum atomic E-state index is -0.713. The highest BCUT2D eigenvalue weighted by Gasteiger charge is 2.46. The maximum absolute atomic E-state index is 14.0. The summed E-state index contributed by atoms with van der Waals surface area (Å²) in [6, 6.07) is 7.01. The van der Waals surface area contributed by atoms with Crippen molar-refractivity contribution >= 4 is 23.3 Å². The van der Waals surface area contributed by atoms with Gasteiger partial charge in [0.05, 0.1) is 16.7 Å². The molecule has 3 atom stereocenters. The van der Waals surface area contributed by atoms with Gasteiger partial charge in [0.15, 0.2) is 6.17 Å². The van der Waals surface area contributed by atoms with E-state index in [2.05, 4.69) is 53.3 Å². The van der Waals surface area contributed by atoms with E-state index >= 15 is 0 Å². The zero-order chi connectivity index (χ0) is 34.2. The van der Waals surface area contributed by atoms with Gasteiger partial charge in [-0.1, -0.05) is 12.2 Å². The summed E-state index contributed by atoms with van der Waals surface area (Å²) in [5, 5.41) is 11.9. The third-order valence-corrected chi connectivity index (χ3v) is 10.9. The lowest BCUT2D eigenvalue weighted by Gasteiger charge is -2.39. The first-order valence-electron chi connectivity index (χ1n) is 17.4. The van der Waals surface area contributed by atoms with Crippen molar-refractivity contribution in [1.82, 2.24) is 19.8 Å². The Balaban J connectivity index is 1.32. The molecule has 1 amide bonds. The Morgan fingerprint density at radius 2 is 1.88 bits per heavy atom. The van der Waals surface area contributed by atoms with Gasteiger partial charge in [-0.05, 0) is 77.0 Å². The first kappa shape index (κ1) is 33.9. The van der Waals surface area contributed by atoms with Gasteiger partial charge >= 0.3 is 0 Å². The molecular formula is C36H50FN9O2. The summed E-state index contributed by atoms with van der Waals surface area (Å²) in [4.78, 5) is 37.9. The molecule has 2 unspecified atom stereocenters. The van der Waals surface area contributed by atoms with Gasteiger partial charge in [0.1, 0.15) is 18.1 Å².